The lowest BCUT2D eigenvalue weighted by molar-refractivity contribution is 0.0930. The molecule has 0 bridgehead atoms. The number of hydrogen-bond donors (Lipinski definition) is 2. The number of hydrogen-bond acceptors (Lipinski definition) is 4. The second-order valence-electron chi connectivity index (χ2n) is 7.81. The highest BCUT2D eigenvalue weighted by Crippen LogP contribution is 2.26. The highest BCUT2D eigenvalue weighted by Gasteiger charge is 2.31. The molecule has 2 N–H and O–H groups in total. The van der Waals surface area contributed by atoms with Gasteiger partial charge in [-0.1, -0.05) is 13.8 Å². The van der Waals surface area contributed by atoms with E-state index < -0.39 is 10.0 Å². The van der Waals surface area contributed by atoms with E-state index in [0.717, 1.165) is 32.4 Å². The number of carbonyl (C=O) groups is 1. The number of amides is 1. The van der Waals surface area contributed by atoms with Crippen molar-refractivity contribution in [1.82, 2.24) is 14.9 Å². The highest BCUT2D eigenvalue weighted by atomic mass is 35.5. The largest absolute Gasteiger partial charge is 0.348 e. The Hall–Kier alpha value is -1.15. The van der Waals surface area contributed by atoms with Crippen LogP contribution >= 0.6 is 12.4 Å². The maximum atomic E-state index is 12.9. The molecule has 3 rings (SSSR count). The molecule has 0 saturated carbocycles. The van der Waals surface area contributed by atoms with Gasteiger partial charge in [-0.15, -0.1) is 12.4 Å². The van der Waals surface area contributed by atoms with E-state index in [9.17, 15) is 13.2 Å². The minimum atomic E-state index is -3.51. The summed E-state index contributed by atoms with van der Waals surface area (Å²) in [5.41, 5.74) is 0.495. The molecule has 2 aliphatic heterocycles. The first-order valence-electron chi connectivity index (χ1n) is 9.48. The molecule has 1 amide bonds. The second-order valence-corrected chi connectivity index (χ2v) is 9.75. The predicted octanol–water partition coefficient (Wildman–Crippen LogP) is 2.26. The van der Waals surface area contributed by atoms with Gasteiger partial charge in [-0.25, -0.2) is 8.42 Å². The van der Waals surface area contributed by atoms with E-state index in [0.29, 0.717) is 30.5 Å². The van der Waals surface area contributed by atoms with Crippen LogP contribution in [0.15, 0.2) is 29.2 Å². The van der Waals surface area contributed by atoms with E-state index in [-0.39, 0.29) is 29.3 Å². The van der Waals surface area contributed by atoms with Crippen LogP contribution in [-0.4, -0.2) is 50.9 Å². The minimum Gasteiger partial charge on any atom is -0.348 e. The third kappa shape index (κ3) is 5.44. The fourth-order valence-corrected chi connectivity index (χ4v) is 5.65. The number of carbonyl (C=O) groups excluding carboxylic acids is 1. The fraction of sp³-hybridized carbons (Fsp3) is 0.632. The van der Waals surface area contributed by atoms with Gasteiger partial charge in [-0.2, -0.15) is 4.31 Å². The number of benzene rings is 1. The molecule has 1 aromatic carbocycles. The Labute approximate surface area is 168 Å². The molecule has 2 fully saturated rings. The van der Waals surface area contributed by atoms with Crippen LogP contribution in [0.5, 0.6) is 0 Å². The van der Waals surface area contributed by atoms with Gasteiger partial charge < -0.3 is 10.6 Å². The summed E-state index contributed by atoms with van der Waals surface area (Å²) >= 11 is 0. The average molecular weight is 416 g/mol. The van der Waals surface area contributed by atoms with E-state index in [2.05, 4.69) is 24.5 Å². The summed E-state index contributed by atoms with van der Waals surface area (Å²) in [5, 5.41) is 6.27. The zero-order valence-corrected chi connectivity index (χ0v) is 17.6. The maximum Gasteiger partial charge on any atom is 0.251 e. The van der Waals surface area contributed by atoms with Crippen molar-refractivity contribution in [2.45, 2.75) is 44.0 Å². The molecule has 2 saturated heterocycles. The van der Waals surface area contributed by atoms with E-state index in [1.807, 2.05) is 0 Å². The molecule has 152 valence electrons. The van der Waals surface area contributed by atoms with Gasteiger partial charge in [0.05, 0.1) is 4.90 Å². The molecule has 0 aliphatic carbocycles. The Balaban J connectivity index is 0.00000261. The number of nitrogens with zero attached hydrogens (tertiary/aromatic N) is 1. The van der Waals surface area contributed by atoms with Crippen molar-refractivity contribution in [1.29, 1.82) is 0 Å². The molecular formula is C19H30ClN3O3S. The summed E-state index contributed by atoms with van der Waals surface area (Å²) in [6, 6.07) is 6.45. The van der Waals surface area contributed by atoms with Crippen LogP contribution in [0.4, 0.5) is 0 Å². The smallest absolute Gasteiger partial charge is 0.251 e. The van der Waals surface area contributed by atoms with Crippen LogP contribution < -0.4 is 10.6 Å². The number of piperidine rings is 2. The quantitative estimate of drug-likeness (QED) is 0.790. The molecule has 2 aliphatic rings. The molecule has 0 radical (unpaired) electrons. The molecule has 3 unspecified atom stereocenters. The van der Waals surface area contributed by atoms with Crippen LogP contribution in [0, 0.1) is 11.8 Å². The molecule has 0 spiro atoms. The standard InChI is InChI=1S/C19H29N3O3S.ClH/c1-14-10-15(2)13-22(12-14)26(24,25)18-7-5-16(6-8-18)19(23)21-17-4-3-9-20-11-17;/h5-8,14-15,17,20H,3-4,9-13H2,1-2H3,(H,21,23);1H. The summed E-state index contributed by atoms with van der Waals surface area (Å²) in [5.74, 6) is 0.577. The van der Waals surface area contributed by atoms with E-state index in [1.54, 1.807) is 28.6 Å². The van der Waals surface area contributed by atoms with Crippen molar-refractivity contribution in [3.8, 4) is 0 Å². The Kier molecular flexibility index (Phi) is 7.68. The Bertz CT molecular complexity index is 723. The monoisotopic (exact) mass is 415 g/mol. The van der Waals surface area contributed by atoms with E-state index >= 15 is 0 Å². The number of rotatable bonds is 4. The van der Waals surface area contributed by atoms with Gasteiger partial charge >= 0.3 is 0 Å². The van der Waals surface area contributed by atoms with Gasteiger partial charge in [-0.3, -0.25) is 4.79 Å². The summed E-state index contributed by atoms with van der Waals surface area (Å²) in [6.45, 7) is 7.07. The topological polar surface area (TPSA) is 78.5 Å². The lowest BCUT2D eigenvalue weighted by Gasteiger charge is -2.34. The van der Waals surface area contributed by atoms with Crippen LogP contribution in [-0.2, 0) is 10.0 Å². The first-order chi connectivity index (χ1) is 12.4. The summed E-state index contributed by atoms with van der Waals surface area (Å²) in [4.78, 5) is 12.6. The molecule has 6 nitrogen and oxygen atoms in total. The summed E-state index contributed by atoms with van der Waals surface area (Å²) < 4.78 is 27.4. The second kappa shape index (κ2) is 9.37. The van der Waals surface area contributed by atoms with Gasteiger partial charge in [-0.05, 0) is 61.9 Å². The first-order valence-corrected chi connectivity index (χ1v) is 10.9. The van der Waals surface area contributed by atoms with Crippen molar-refractivity contribution < 1.29 is 13.2 Å². The predicted molar refractivity (Wildman–Crippen MR) is 109 cm³/mol. The zero-order chi connectivity index (χ0) is 18.7. The normalized spacial score (nSPS) is 26.8. The lowest BCUT2D eigenvalue weighted by atomic mass is 9.94. The molecule has 2 heterocycles. The van der Waals surface area contributed by atoms with E-state index in [1.165, 1.54) is 0 Å². The van der Waals surface area contributed by atoms with Crippen molar-refractivity contribution >= 4 is 28.3 Å². The number of sulfonamides is 1. The van der Waals surface area contributed by atoms with Crippen molar-refractivity contribution in [3.05, 3.63) is 29.8 Å². The van der Waals surface area contributed by atoms with Gasteiger partial charge in [0.15, 0.2) is 0 Å². The third-order valence-electron chi connectivity index (χ3n) is 5.22. The van der Waals surface area contributed by atoms with E-state index in [4.69, 9.17) is 0 Å². The minimum absolute atomic E-state index is 0. The third-order valence-corrected chi connectivity index (χ3v) is 7.07. The van der Waals surface area contributed by atoms with Crippen molar-refractivity contribution in [2.75, 3.05) is 26.2 Å². The van der Waals surface area contributed by atoms with Crippen molar-refractivity contribution in [3.63, 3.8) is 0 Å². The van der Waals surface area contributed by atoms with Crippen LogP contribution in [0.1, 0.15) is 43.5 Å². The lowest BCUT2D eigenvalue weighted by Crippen LogP contribution is -2.45. The van der Waals surface area contributed by atoms with Crippen LogP contribution in [0.3, 0.4) is 0 Å². The molecule has 27 heavy (non-hydrogen) atoms. The molecule has 8 heteroatoms. The summed E-state index contributed by atoms with van der Waals surface area (Å²) in [6.07, 6.45) is 3.08. The highest BCUT2D eigenvalue weighted by molar-refractivity contribution is 7.89. The fourth-order valence-electron chi connectivity index (χ4n) is 3.97. The number of nitrogens with one attached hydrogen (secondary N) is 2. The van der Waals surface area contributed by atoms with Crippen LogP contribution in [0.2, 0.25) is 0 Å². The van der Waals surface area contributed by atoms with Gasteiger partial charge in [0.2, 0.25) is 10.0 Å². The van der Waals surface area contributed by atoms with Gasteiger partial charge in [0.1, 0.15) is 0 Å². The molecule has 0 aromatic heterocycles. The average Bonchev–Trinajstić information content (AvgIpc) is 2.62. The van der Waals surface area contributed by atoms with Gasteiger partial charge in [0.25, 0.3) is 5.91 Å². The molecule has 1 aromatic rings. The molecular weight excluding hydrogens is 386 g/mol. The van der Waals surface area contributed by atoms with Gasteiger partial charge in [0, 0.05) is 31.2 Å². The SMILES string of the molecule is CC1CC(C)CN(S(=O)(=O)c2ccc(C(=O)NC3CCCNC3)cc2)C1.Cl. The first kappa shape index (κ1) is 22.1. The maximum absolute atomic E-state index is 12.9. The summed E-state index contributed by atoms with van der Waals surface area (Å²) in [7, 11) is -3.51. The van der Waals surface area contributed by atoms with Crippen molar-refractivity contribution in [2.24, 2.45) is 11.8 Å². The number of halogens is 1. The zero-order valence-electron chi connectivity index (χ0n) is 16.0. The Morgan fingerprint density at radius 2 is 1.78 bits per heavy atom. The molecule has 3 atom stereocenters. The Morgan fingerprint density at radius 3 is 2.33 bits per heavy atom. The van der Waals surface area contributed by atoms with Crippen LogP contribution in [0.25, 0.3) is 0 Å². The Morgan fingerprint density at radius 1 is 1.15 bits per heavy atom.